The van der Waals surface area contributed by atoms with Gasteiger partial charge in [-0.2, -0.15) is 0 Å². The number of hydrogen-bond acceptors (Lipinski definition) is 4. The van der Waals surface area contributed by atoms with Crippen molar-refractivity contribution in [3.05, 3.63) is 42.0 Å². The zero-order valence-corrected chi connectivity index (χ0v) is 10.8. The van der Waals surface area contributed by atoms with Gasteiger partial charge in [0.15, 0.2) is 6.04 Å². The van der Waals surface area contributed by atoms with Crippen LogP contribution in [0.3, 0.4) is 0 Å². The van der Waals surface area contributed by atoms with Gasteiger partial charge in [0.05, 0.1) is 6.61 Å². The molecule has 20 heavy (non-hydrogen) atoms. The summed E-state index contributed by atoms with van der Waals surface area (Å²) in [6.07, 6.45) is 1.32. The van der Waals surface area contributed by atoms with Gasteiger partial charge in [-0.3, -0.25) is 0 Å². The molecule has 0 saturated carbocycles. The lowest BCUT2D eigenvalue weighted by atomic mass is 10.0. The highest BCUT2D eigenvalue weighted by Crippen LogP contribution is 2.33. The summed E-state index contributed by atoms with van der Waals surface area (Å²) >= 11 is 0. The van der Waals surface area contributed by atoms with Crippen LogP contribution in [0.4, 0.5) is 4.79 Å². The molecule has 1 aliphatic heterocycles. The second kappa shape index (κ2) is 6.10. The molecule has 1 amide bonds. The quantitative estimate of drug-likeness (QED) is 0.799. The molecule has 0 saturated heterocycles. The number of ether oxygens (including phenoxy) is 2. The molecule has 0 bridgehead atoms. The minimum absolute atomic E-state index is 0.0154. The third kappa shape index (κ3) is 2.90. The SMILES string of the molecule is C=CCOC(=O)NC(C(=O)O)c1cccc2c1OCC2. The van der Waals surface area contributed by atoms with Crippen LogP contribution in [-0.2, 0) is 16.0 Å². The van der Waals surface area contributed by atoms with Crippen molar-refractivity contribution in [1.29, 1.82) is 0 Å². The van der Waals surface area contributed by atoms with Gasteiger partial charge in [-0.15, -0.1) is 0 Å². The van der Waals surface area contributed by atoms with Crippen LogP contribution in [0.15, 0.2) is 30.9 Å². The van der Waals surface area contributed by atoms with Gasteiger partial charge in [-0.1, -0.05) is 30.9 Å². The average Bonchev–Trinajstić information content (AvgIpc) is 2.90. The first kappa shape index (κ1) is 13.9. The molecule has 1 aromatic rings. The minimum Gasteiger partial charge on any atom is -0.493 e. The van der Waals surface area contributed by atoms with E-state index >= 15 is 0 Å². The first-order chi connectivity index (χ1) is 9.63. The second-order valence-corrected chi connectivity index (χ2v) is 4.24. The Morgan fingerprint density at radius 2 is 2.35 bits per heavy atom. The molecule has 0 fully saturated rings. The third-order valence-electron chi connectivity index (χ3n) is 2.90. The summed E-state index contributed by atoms with van der Waals surface area (Å²) in [5, 5.41) is 11.6. The summed E-state index contributed by atoms with van der Waals surface area (Å²) < 4.78 is 10.2. The van der Waals surface area contributed by atoms with Crippen LogP contribution in [0.2, 0.25) is 0 Å². The fraction of sp³-hybridized carbons (Fsp3) is 0.286. The second-order valence-electron chi connectivity index (χ2n) is 4.24. The normalized spacial score (nSPS) is 13.8. The maximum absolute atomic E-state index is 11.5. The zero-order valence-electron chi connectivity index (χ0n) is 10.8. The van der Waals surface area contributed by atoms with E-state index in [4.69, 9.17) is 9.47 Å². The number of rotatable bonds is 5. The van der Waals surface area contributed by atoms with Crippen LogP contribution in [-0.4, -0.2) is 30.4 Å². The smallest absolute Gasteiger partial charge is 0.408 e. The Morgan fingerprint density at radius 1 is 1.55 bits per heavy atom. The number of carboxylic acids is 1. The van der Waals surface area contributed by atoms with Crippen molar-refractivity contribution in [2.45, 2.75) is 12.5 Å². The van der Waals surface area contributed by atoms with Gasteiger partial charge in [-0.05, 0) is 5.56 Å². The zero-order chi connectivity index (χ0) is 14.5. The van der Waals surface area contributed by atoms with Gasteiger partial charge < -0.3 is 19.9 Å². The molecule has 0 aromatic heterocycles. The Balaban J connectivity index is 2.21. The number of amides is 1. The van der Waals surface area contributed by atoms with Gasteiger partial charge in [0.1, 0.15) is 12.4 Å². The maximum Gasteiger partial charge on any atom is 0.408 e. The first-order valence-corrected chi connectivity index (χ1v) is 6.15. The number of para-hydroxylation sites is 1. The van der Waals surface area contributed by atoms with Crippen molar-refractivity contribution in [3.8, 4) is 5.75 Å². The predicted octanol–water partition coefficient (Wildman–Crippen LogP) is 1.66. The number of hydrogen-bond donors (Lipinski definition) is 2. The van der Waals surface area contributed by atoms with Gasteiger partial charge in [0, 0.05) is 12.0 Å². The Bertz CT molecular complexity index is 540. The van der Waals surface area contributed by atoms with E-state index in [-0.39, 0.29) is 6.61 Å². The third-order valence-corrected chi connectivity index (χ3v) is 2.90. The Morgan fingerprint density at radius 3 is 3.05 bits per heavy atom. The van der Waals surface area contributed by atoms with E-state index in [0.717, 1.165) is 12.0 Å². The molecule has 1 aliphatic rings. The van der Waals surface area contributed by atoms with Crippen molar-refractivity contribution in [2.75, 3.05) is 13.2 Å². The highest BCUT2D eigenvalue weighted by molar-refractivity contribution is 5.82. The van der Waals surface area contributed by atoms with E-state index in [2.05, 4.69) is 11.9 Å². The molecule has 0 radical (unpaired) electrons. The molecule has 1 atom stereocenters. The highest BCUT2D eigenvalue weighted by Gasteiger charge is 2.28. The summed E-state index contributed by atoms with van der Waals surface area (Å²) in [5.74, 6) is -0.645. The number of carbonyl (C=O) groups is 2. The lowest BCUT2D eigenvalue weighted by Crippen LogP contribution is -2.34. The van der Waals surface area contributed by atoms with Crippen LogP contribution in [0.25, 0.3) is 0 Å². The molecule has 1 aromatic carbocycles. The monoisotopic (exact) mass is 277 g/mol. The van der Waals surface area contributed by atoms with Crippen LogP contribution in [0.5, 0.6) is 5.75 Å². The molecular formula is C14H15NO5. The van der Waals surface area contributed by atoms with Gasteiger partial charge >= 0.3 is 12.1 Å². The van der Waals surface area contributed by atoms with Crippen molar-refractivity contribution in [3.63, 3.8) is 0 Å². The summed E-state index contributed by atoms with van der Waals surface area (Å²) in [6, 6.07) is 4.04. The standard InChI is InChI=1S/C14H15NO5/c1-2-7-20-14(18)15-11(13(16)17)10-5-3-4-9-6-8-19-12(9)10/h2-5,11H,1,6-8H2,(H,15,18)(H,16,17). The Labute approximate surface area is 116 Å². The maximum atomic E-state index is 11.5. The van der Waals surface area contributed by atoms with Crippen LogP contribution >= 0.6 is 0 Å². The van der Waals surface area contributed by atoms with Gasteiger partial charge in [0.2, 0.25) is 0 Å². The van der Waals surface area contributed by atoms with E-state index in [1.165, 1.54) is 6.08 Å². The molecule has 6 heteroatoms. The number of carbonyl (C=O) groups excluding carboxylic acids is 1. The van der Waals surface area contributed by atoms with Crippen molar-refractivity contribution in [1.82, 2.24) is 5.32 Å². The number of alkyl carbamates (subject to hydrolysis) is 1. The number of aliphatic carboxylic acids is 1. The number of benzene rings is 1. The number of carboxylic acid groups (broad SMARTS) is 1. The molecular weight excluding hydrogens is 262 g/mol. The summed E-state index contributed by atoms with van der Waals surface area (Å²) in [7, 11) is 0. The molecule has 106 valence electrons. The molecule has 0 spiro atoms. The molecule has 6 nitrogen and oxygen atoms in total. The van der Waals surface area contributed by atoms with E-state index in [9.17, 15) is 14.7 Å². The van der Waals surface area contributed by atoms with Crippen molar-refractivity contribution < 1.29 is 24.2 Å². The van der Waals surface area contributed by atoms with E-state index in [0.29, 0.717) is 17.9 Å². The summed E-state index contributed by atoms with van der Waals surface area (Å²) in [6.45, 7) is 3.94. The first-order valence-electron chi connectivity index (χ1n) is 6.15. The molecule has 1 heterocycles. The molecule has 2 N–H and O–H groups in total. The molecule has 1 unspecified atom stereocenters. The molecule has 0 aliphatic carbocycles. The summed E-state index contributed by atoms with van der Waals surface area (Å²) in [4.78, 5) is 22.9. The predicted molar refractivity (Wildman–Crippen MR) is 70.7 cm³/mol. The number of fused-ring (bicyclic) bond motifs is 1. The van der Waals surface area contributed by atoms with Gasteiger partial charge in [-0.25, -0.2) is 9.59 Å². The van der Waals surface area contributed by atoms with Crippen molar-refractivity contribution in [2.24, 2.45) is 0 Å². The van der Waals surface area contributed by atoms with E-state index < -0.39 is 18.1 Å². The topological polar surface area (TPSA) is 84.9 Å². The van der Waals surface area contributed by atoms with Gasteiger partial charge in [0.25, 0.3) is 0 Å². The largest absolute Gasteiger partial charge is 0.493 e. The molecule has 2 rings (SSSR count). The lowest BCUT2D eigenvalue weighted by Gasteiger charge is -2.17. The number of nitrogens with one attached hydrogen (secondary N) is 1. The van der Waals surface area contributed by atoms with Crippen LogP contribution in [0.1, 0.15) is 17.2 Å². The van der Waals surface area contributed by atoms with E-state index in [1.54, 1.807) is 12.1 Å². The van der Waals surface area contributed by atoms with Crippen molar-refractivity contribution >= 4 is 12.1 Å². The average molecular weight is 277 g/mol. The van der Waals surface area contributed by atoms with E-state index in [1.807, 2.05) is 6.07 Å². The van der Waals surface area contributed by atoms with Crippen LogP contribution in [0, 0.1) is 0 Å². The minimum atomic E-state index is -1.21. The summed E-state index contributed by atoms with van der Waals surface area (Å²) in [5.41, 5.74) is 1.36. The fourth-order valence-electron chi connectivity index (χ4n) is 2.03. The van der Waals surface area contributed by atoms with Crippen LogP contribution < -0.4 is 10.1 Å². The Kier molecular flexibility index (Phi) is 4.24. The lowest BCUT2D eigenvalue weighted by molar-refractivity contribution is -0.139. The fourth-order valence-corrected chi connectivity index (χ4v) is 2.03. The Hall–Kier alpha value is -2.50. The highest BCUT2D eigenvalue weighted by atomic mass is 16.5.